The van der Waals surface area contributed by atoms with Crippen LogP contribution in [0.5, 0.6) is 0 Å². The second kappa shape index (κ2) is 7.72. The lowest BCUT2D eigenvalue weighted by atomic mass is 10.2. The Morgan fingerprint density at radius 2 is 1.73 bits per heavy atom. The van der Waals surface area contributed by atoms with E-state index in [1.54, 1.807) is 0 Å². The molecule has 0 spiro atoms. The molecule has 1 saturated heterocycles. The molecule has 0 atom stereocenters. The van der Waals surface area contributed by atoms with E-state index in [9.17, 15) is 0 Å². The fraction of sp³-hybridized carbons (Fsp3) is 0.263. The molecule has 26 heavy (non-hydrogen) atoms. The largest absolute Gasteiger partial charge is 0.370 e. The third-order valence-electron chi connectivity index (χ3n) is 4.53. The number of ether oxygens (including phenoxy) is 1. The average molecular weight is 388 g/mol. The van der Waals surface area contributed by atoms with Gasteiger partial charge in [-0.3, -0.25) is 4.57 Å². The molecule has 0 amide bonds. The zero-order valence-corrected chi connectivity index (χ0v) is 15.8. The fourth-order valence-corrected chi connectivity index (χ4v) is 3.56. The number of rotatable bonds is 4. The maximum Gasteiger partial charge on any atom is 0.207 e. The van der Waals surface area contributed by atoms with E-state index in [0.717, 1.165) is 50.0 Å². The van der Waals surface area contributed by atoms with Crippen LogP contribution in [0.1, 0.15) is 0 Å². The van der Waals surface area contributed by atoms with E-state index in [1.165, 1.54) is 4.90 Å². The van der Waals surface area contributed by atoms with Crippen molar-refractivity contribution in [2.24, 2.45) is 0 Å². The summed E-state index contributed by atoms with van der Waals surface area (Å²) >= 11 is 11.8. The summed E-state index contributed by atoms with van der Waals surface area (Å²) in [5, 5.41) is 5.56. The highest BCUT2D eigenvalue weighted by Gasteiger charge is 2.19. The van der Waals surface area contributed by atoms with Crippen molar-refractivity contribution in [3.8, 4) is 17.1 Å². The Morgan fingerprint density at radius 3 is 2.42 bits per heavy atom. The van der Waals surface area contributed by atoms with Gasteiger partial charge in [-0.1, -0.05) is 29.8 Å². The van der Waals surface area contributed by atoms with Crippen molar-refractivity contribution in [3.05, 3.63) is 64.4 Å². The topological polar surface area (TPSA) is 36.4 Å². The van der Waals surface area contributed by atoms with Gasteiger partial charge in [0.25, 0.3) is 0 Å². The SMILES string of the molecule is S=c1n(C[NH+]2CCOCC2)nc(-c2ccc(Cl)cc2)n1-c1ccccc1. The monoisotopic (exact) mass is 387 g/mol. The van der Waals surface area contributed by atoms with Gasteiger partial charge in [0.05, 0.1) is 13.2 Å². The minimum absolute atomic E-state index is 0.695. The molecular formula is C19H20ClN4OS+. The molecule has 134 valence electrons. The van der Waals surface area contributed by atoms with Crippen LogP contribution in [0.25, 0.3) is 17.1 Å². The number of quaternary nitrogens is 1. The van der Waals surface area contributed by atoms with Crippen molar-refractivity contribution in [2.45, 2.75) is 6.67 Å². The molecule has 1 aliphatic heterocycles. The zero-order valence-electron chi connectivity index (χ0n) is 14.3. The van der Waals surface area contributed by atoms with Crippen molar-refractivity contribution in [1.82, 2.24) is 14.3 Å². The summed E-state index contributed by atoms with van der Waals surface area (Å²) in [5.74, 6) is 0.825. The Labute approximate surface area is 162 Å². The summed E-state index contributed by atoms with van der Waals surface area (Å²) in [6.45, 7) is 4.24. The van der Waals surface area contributed by atoms with Crippen LogP contribution in [0.15, 0.2) is 54.6 Å². The van der Waals surface area contributed by atoms with Crippen LogP contribution in [-0.4, -0.2) is 40.7 Å². The Balaban J connectivity index is 1.79. The molecule has 0 radical (unpaired) electrons. The van der Waals surface area contributed by atoms with Gasteiger partial charge in [-0.15, -0.1) is 5.10 Å². The molecular weight excluding hydrogens is 368 g/mol. The van der Waals surface area contributed by atoms with Gasteiger partial charge in [0.1, 0.15) is 13.1 Å². The molecule has 2 aromatic carbocycles. The average Bonchev–Trinajstić information content (AvgIpc) is 3.00. The lowest BCUT2D eigenvalue weighted by Gasteiger charge is -2.23. The minimum Gasteiger partial charge on any atom is -0.370 e. The molecule has 4 rings (SSSR count). The van der Waals surface area contributed by atoms with Crippen LogP contribution in [0.3, 0.4) is 0 Å². The van der Waals surface area contributed by atoms with Gasteiger partial charge in [-0.2, -0.15) is 4.68 Å². The van der Waals surface area contributed by atoms with E-state index < -0.39 is 0 Å². The van der Waals surface area contributed by atoms with Crippen LogP contribution in [-0.2, 0) is 11.4 Å². The van der Waals surface area contributed by atoms with Gasteiger partial charge >= 0.3 is 0 Å². The predicted octanol–water partition coefficient (Wildman–Crippen LogP) is 2.60. The molecule has 1 N–H and O–H groups in total. The maximum atomic E-state index is 6.05. The highest BCUT2D eigenvalue weighted by molar-refractivity contribution is 7.71. The van der Waals surface area contributed by atoms with Crippen LogP contribution in [0.4, 0.5) is 0 Å². The van der Waals surface area contributed by atoms with Gasteiger partial charge in [-0.25, -0.2) is 0 Å². The van der Waals surface area contributed by atoms with E-state index in [0.29, 0.717) is 9.79 Å². The summed E-state index contributed by atoms with van der Waals surface area (Å²) < 4.78 is 10.1. The number of hydrogen-bond donors (Lipinski definition) is 1. The molecule has 1 aromatic heterocycles. The molecule has 1 fully saturated rings. The van der Waals surface area contributed by atoms with Crippen LogP contribution in [0, 0.1) is 4.77 Å². The smallest absolute Gasteiger partial charge is 0.207 e. The molecule has 0 bridgehead atoms. The Bertz CT molecular complexity index is 930. The maximum absolute atomic E-state index is 6.05. The molecule has 3 aromatic rings. The highest BCUT2D eigenvalue weighted by Crippen LogP contribution is 2.24. The second-order valence-corrected chi connectivity index (χ2v) is 7.11. The van der Waals surface area contributed by atoms with Crippen molar-refractivity contribution >= 4 is 23.8 Å². The van der Waals surface area contributed by atoms with Crippen LogP contribution in [0.2, 0.25) is 5.02 Å². The van der Waals surface area contributed by atoms with E-state index in [1.807, 2.05) is 63.8 Å². The van der Waals surface area contributed by atoms with E-state index in [4.69, 9.17) is 33.7 Å². The lowest BCUT2D eigenvalue weighted by Crippen LogP contribution is -3.13. The van der Waals surface area contributed by atoms with Crippen molar-refractivity contribution in [1.29, 1.82) is 0 Å². The summed E-state index contributed by atoms with van der Waals surface area (Å²) in [4.78, 5) is 1.42. The van der Waals surface area contributed by atoms with Crippen molar-refractivity contribution < 1.29 is 9.64 Å². The highest BCUT2D eigenvalue weighted by atomic mass is 35.5. The Hall–Kier alpha value is -1.99. The molecule has 0 saturated carbocycles. The number of nitrogens with one attached hydrogen (secondary N) is 1. The fourth-order valence-electron chi connectivity index (χ4n) is 3.14. The van der Waals surface area contributed by atoms with E-state index in [2.05, 4.69) is 0 Å². The summed E-state index contributed by atoms with van der Waals surface area (Å²) in [7, 11) is 0. The third-order valence-corrected chi connectivity index (χ3v) is 5.17. The van der Waals surface area contributed by atoms with E-state index >= 15 is 0 Å². The molecule has 0 aliphatic carbocycles. The molecule has 1 aliphatic rings. The normalized spacial score (nSPS) is 15.3. The summed E-state index contributed by atoms with van der Waals surface area (Å²) in [5.41, 5.74) is 1.99. The number of nitrogens with zero attached hydrogens (tertiary/aromatic N) is 3. The number of morpholine rings is 1. The molecule has 7 heteroatoms. The number of para-hydroxylation sites is 1. The van der Waals surface area contributed by atoms with Gasteiger partial charge in [0.2, 0.25) is 4.77 Å². The Morgan fingerprint density at radius 1 is 1.04 bits per heavy atom. The zero-order chi connectivity index (χ0) is 17.9. The van der Waals surface area contributed by atoms with Crippen LogP contribution >= 0.6 is 23.8 Å². The molecule has 2 heterocycles. The van der Waals surface area contributed by atoms with Gasteiger partial charge in [-0.05, 0) is 48.6 Å². The first-order valence-electron chi connectivity index (χ1n) is 8.65. The lowest BCUT2D eigenvalue weighted by molar-refractivity contribution is -0.930. The van der Waals surface area contributed by atoms with Crippen molar-refractivity contribution in [2.75, 3.05) is 26.3 Å². The van der Waals surface area contributed by atoms with Crippen molar-refractivity contribution in [3.63, 3.8) is 0 Å². The Kier molecular flexibility index (Phi) is 5.17. The second-order valence-electron chi connectivity index (χ2n) is 6.30. The van der Waals surface area contributed by atoms with Crippen LogP contribution < -0.4 is 4.90 Å². The number of benzene rings is 2. The summed E-state index contributed by atoms with van der Waals surface area (Å²) in [6.07, 6.45) is 0. The number of hydrogen-bond acceptors (Lipinski definition) is 3. The quantitative estimate of drug-likeness (QED) is 0.699. The first-order valence-corrected chi connectivity index (χ1v) is 9.43. The van der Waals surface area contributed by atoms with Gasteiger partial charge in [0.15, 0.2) is 12.5 Å². The minimum atomic E-state index is 0.695. The summed E-state index contributed by atoms with van der Waals surface area (Å²) in [6, 6.07) is 17.8. The van der Waals surface area contributed by atoms with Gasteiger partial charge < -0.3 is 9.64 Å². The number of aromatic nitrogens is 3. The molecule has 0 unspecified atom stereocenters. The third kappa shape index (κ3) is 3.59. The first-order chi connectivity index (χ1) is 12.7. The first kappa shape index (κ1) is 17.4. The standard InChI is InChI=1S/C19H19ClN4OS/c20-16-8-6-15(7-9-16)18-21-23(14-22-10-12-25-13-11-22)19(26)24(18)17-4-2-1-3-5-17/h1-9H,10-14H2/p+1. The molecule has 5 nitrogen and oxygen atoms in total. The number of halogens is 1. The predicted molar refractivity (Wildman–Crippen MR) is 104 cm³/mol. The van der Waals surface area contributed by atoms with E-state index in [-0.39, 0.29) is 0 Å². The van der Waals surface area contributed by atoms with Gasteiger partial charge in [0, 0.05) is 16.3 Å².